The van der Waals surface area contributed by atoms with Gasteiger partial charge in [0.05, 0.1) is 12.2 Å². The molecule has 3 heterocycles. The van der Waals surface area contributed by atoms with Crippen LogP contribution in [0.3, 0.4) is 0 Å². The van der Waals surface area contributed by atoms with E-state index < -0.39 is 0 Å². The van der Waals surface area contributed by atoms with Gasteiger partial charge in [0.1, 0.15) is 0 Å². The Kier molecular flexibility index (Phi) is 2.63. The van der Waals surface area contributed by atoms with Gasteiger partial charge in [0, 0.05) is 18.0 Å². The van der Waals surface area contributed by atoms with Crippen LogP contribution in [0.4, 0.5) is 0 Å². The Morgan fingerprint density at radius 1 is 1.38 bits per heavy atom. The molecule has 1 spiro atoms. The third-order valence-electron chi connectivity index (χ3n) is 3.33. The Bertz CT molecular complexity index is 349. The first-order chi connectivity index (χ1) is 7.88. The molecule has 0 amide bonds. The summed E-state index contributed by atoms with van der Waals surface area (Å²) in [7, 11) is 0. The molecule has 1 aromatic heterocycles. The second-order valence-electron chi connectivity index (χ2n) is 4.48. The molecular weight excluding hydrogens is 204 g/mol. The molecule has 1 aromatic rings. The minimum Gasteiger partial charge on any atom is -0.345 e. The van der Waals surface area contributed by atoms with Gasteiger partial charge in [-0.05, 0) is 32.0 Å². The van der Waals surface area contributed by atoms with Crippen molar-refractivity contribution in [1.29, 1.82) is 0 Å². The van der Waals surface area contributed by atoms with Gasteiger partial charge in [-0.15, -0.1) is 0 Å². The SMILES string of the molecule is c1cncc(C2OCC3(CCNCC3)O2)c1. The van der Waals surface area contributed by atoms with Gasteiger partial charge in [-0.3, -0.25) is 4.98 Å². The van der Waals surface area contributed by atoms with E-state index in [1.165, 1.54) is 0 Å². The highest BCUT2D eigenvalue weighted by atomic mass is 16.7. The topological polar surface area (TPSA) is 43.4 Å². The number of hydrogen-bond donors (Lipinski definition) is 1. The number of aromatic nitrogens is 1. The summed E-state index contributed by atoms with van der Waals surface area (Å²) in [5.74, 6) is 0. The maximum absolute atomic E-state index is 6.07. The number of nitrogens with one attached hydrogen (secondary N) is 1. The quantitative estimate of drug-likeness (QED) is 0.773. The van der Waals surface area contributed by atoms with Crippen LogP contribution < -0.4 is 5.32 Å². The minimum atomic E-state index is -0.230. The van der Waals surface area contributed by atoms with Crippen molar-refractivity contribution in [3.05, 3.63) is 30.1 Å². The van der Waals surface area contributed by atoms with E-state index in [4.69, 9.17) is 9.47 Å². The van der Waals surface area contributed by atoms with Crippen molar-refractivity contribution in [2.45, 2.75) is 24.7 Å². The zero-order valence-corrected chi connectivity index (χ0v) is 9.19. The molecule has 0 aromatic carbocycles. The van der Waals surface area contributed by atoms with E-state index in [2.05, 4.69) is 10.3 Å². The molecule has 2 saturated heterocycles. The molecule has 4 nitrogen and oxygen atoms in total. The van der Waals surface area contributed by atoms with Crippen molar-refractivity contribution in [1.82, 2.24) is 10.3 Å². The monoisotopic (exact) mass is 220 g/mol. The lowest BCUT2D eigenvalue weighted by Crippen LogP contribution is -2.43. The summed E-state index contributed by atoms with van der Waals surface area (Å²) in [5.41, 5.74) is 0.948. The van der Waals surface area contributed by atoms with Crippen LogP contribution in [0.2, 0.25) is 0 Å². The summed E-state index contributed by atoms with van der Waals surface area (Å²) in [6, 6.07) is 3.91. The lowest BCUT2D eigenvalue weighted by molar-refractivity contribution is -0.101. The van der Waals surface area contributed by atoms with E-state index in [1.54, 1.807) is 6.20 Å². The fraction of sp³-hybridized carbons (Fsp3) is 0.583. The molecule has 1 N–H and O–H groups in total. The number of piperidine rings is 1. The van der Waals surface area contributed by atoms with Gasteiger partial charge in [-0.25, -0.2) is 0 Å². The van der Waals surface area contributed by atoms with Crippen LogP contribution in [-0.2, 0) is 9.47 Å². The molecule has 16 heavy (non-hydrogen) atoms. The van der Waals surface area contributed by atoms with Gasteiger partial charge in [0.2, 0.25) is 0 Å². The number of nitrogens with zero attached hydrogens (tertiary/aromatic N) is 1. The molecular formula is C12H16N2O2. The summed E-state index contributed by atoms with van der Waals surface area (Å²) in [6.45, 7) is 2.74. The molecule has 0 saturated carbocycles. The van der Waals surface area contributed by atoms with Gasteiger partial charge in [0.15, 0.2) is 6.29 Å². The normalized spacial score (nSPS) is 28.4. The smallest absolute Gasteiger partial charge is 0.186 e. The molecule has 2 aliphatic heterocycles. The third kappa shape index (κ3) is 1.84. The molecule has 0 radical (unpaired) electrons. The Balaban J connectivity index is 1.73. The van der Waals surface area contributed by atoms with Crippen molar-refractivity contribution < 1.29 is 9.47 Å². The third-order valence-corrected chi connectivity index (χ3v) is 3.33. The summed E-state index contributed by atoms with van der Waals surface area (Å²) < 4.78 is 11.8. The van der Waals surface area contributed by atoms with Crippen LogP contribution in [0.25, 0.3) is 0 Å². The van der Waals surface area contributed by atoms with Crippen LogP contribution in [-0.4, -0.2) is 30.3 Å². The van der Waals surface area contributed by atoms with Crippen molar-refractivity contribution in [3.63, 3.8) is 0 Å². The van der Waals surface area contributed by atoms with Crippen LogP contribution in [0.5, 0.6) is 0 Å². The highest BCUT2D eigenvalue weighted by Crippen LogP contribution is 2.38. The molecule has 0 bridgehead atoms. The number of rotatable bonds is 1. The summed E-state index contributed by atoms with van der Waals surface area (Å²) >= 11 is 0. The van der Waals surface area contributed by atoms with Crippen molar-refractivity contribution in [3.8, 4) is 0 Å². The zero-order chi connectivity index (χ0) is 10.8. The van der Waals surface area contributed by atoms with E-state index in [1.807, 2.05) is 18.3 Å². The second kappa shape index (κ2) is 4.13. The predicted octanol–water partition coefficient (Wildman–Crippen LogP) is 1.25. The molecule has 3 rings (SSSR count). The highest BCUT2D eigenvalue weighted by molar-refractivity contribution is 5.11. The first kappa shape index (κ1) is 10.2. The Morgan fingerprint density at radius 3 is 3.00 bits per heavy atom. The molecule has 1 atom stereocenters. The van der Waals surface area contributed by atoms with E-state index in [0.717, 1.165) is 31.5 Å². The second-order valence-corrected chi connectivity index (χ2v) is 4.48. The highest BCUT2D eigenvalue weighted by Gasteiger charge is 2.42. The molecule has 2 fully saturated rings. The first-order valence-corrected chi connectivity index (χ1v) is 5.78. The predicted molar refractivity (Wildman–Crippen MR) is 58.8 cm³/mol. The van der Waals surface area contributed by atoms with E-state index in [0.29, 0.717) is 6.61 Å². The number of pyridine rings is 1. The fourth-order valence-electron chi connectivity index (χ4n) is 2.35. The lowest BCUT2D eigenvalue weighted by Gasteiger charge is -2.31. The minimum absolute atomic E-state index is 0.0637. The van der Waals surface area contributed by atoms with Crippen molar-refractivity contribution >= 4 is 0 Å². The molecule has 1 unspecified atom stereocenters. The Labute approximate surface area is 95.0 Å². The van der Waals surface area contributed by atoms with Gasteiger partial charge in [-0.1, -0.05) is 6.07 Å². The van der Waals surface area contributed by atoms with Gasteiger partial charge < -0.3 is 14.8 Å². The molecule has 0 aliphatic carbocycles. The Hall–Kier alpha value is -0.970. The maximum Gasteiger partial charge on any atom is 0.186 e. The standard InChI is InChI=1S/C12H16N2O2/c1-2-10(8-14-5-1)11-15-9-12(16-11)3-6-13-7-4-12/h1-2,5,8,11,13H,3-4,6-7,9H2. The van der Waals surface area contributed by atoms with E-state index in [-0.39, 0.29) is 11.9 Å². The summed E-state index contributed by atoms with van der Waals surface area (Å²) in [5, 5.41) is 3.34. The van der Waals surface area contributed by atoms with Crippen molar-refractivity contribution in [2.24, 2.45) is 0 Å². The average Bonchev–Trinajstić information content (AvgIpc) is 2.75. The maximum atomic E-state index is 6.07. The zero-order valence-electron chi connectivity index (χ0n) is 9.19. The van der Waals surface area contributed by atoms with E-state index >= 15 is 0 Å². The van der Waals surface area contributed by atoms with Crippen LogP contribution in [0.1, 0.15) is 24.7 Å². The lowest BCUT2D eigenvalue weighted by atomic mass is 9.94. The Morgan fingerprint density at radius 2 is 2.25 bits per heavy atom. The fourth-order valence-corrected chi connectivity index (χ4v) is 2.35. The average molecular weight is 220 g/mol. The molecule has 2 aliphatic rings. The van der Waals surface area contributed by atoms with E-state index in [9.17, 15) is 0 Å². The molecule has 4 heteroatoms. The summed E-state index contributed by atoms with van der Waals surface area (Å²) in [4.78, 5) is 4.09. The van der Waals surface area contributed by atoms with Crippen molar-refractivity contribution in [2.75, 3.05) is 19.7 Å². The number of hydrogen-bond acceptors (Lipinski definition) is 4. The summed E-state index contributed by atoms with van der Waals surface area (Å²) in [6.07, 6.45) is 5.41. The first-order valence-electron chi connectivity index (χ1n) is 5.78. The van der Waals surface area contributed by atoms with Gasteiger partial charge in [0.25, 0.3) is 0 Å². The molecule has 86 valence electrons. The van der Waals surface area contributed by atoms with Crippen LogP contribution in [0, 0.1) is 0 Å². The largest absolute Gasteiger partial charge is 0.345 e. The van der Waals surface area contributed by atoms with Gasteiger partial charge >= 0.3 is 0 Å². The van der Waals surface area contributed by atoms with Crippen LogP contribution >= 0.6 is 0 Å². The number of ether oxygens (including phenoxy) is 2. The van der Waals surface area contributed by atoms with Gasteiger partial charge in [-0.2, -0.15) is 0 Å². The van der Waals surface area contributed by atoms with Crippen LogP contribution in [0.15, 0.2) is 24.5 Å².